The molecule has 1 atom stereocenters. The summed E-state index contributed by atoms with van der Waals surface area (Å²) in [5.74, 6) is 0. The molecule has 3 rings (SSSR count). The maximum absolute atomic E-state index is 10.6. The number of aromatic nitrogens is 1. The molecule has 0 amide bonds. The van der Waals surface area contributed by atoms with E-state index in [0.717, 1.165) is 48.1 Å². The molecule has 1 unspecified atom stereocenters. The maximum Gasteiger partial charge on any atom is 0.0940 e. The number of para-hydroxylation sites is 1. The fourth-order valence-electron chi connectivity index (χ4n) is 3.17. The summed E-state index contributed by atoms with van der Waals surface area (Å²) in [6.45, 7) is 4.37. The number of aliphatic hydroxyl groups excluding tert-OH is 2. The number of aliphatic hydroxyl groups is 2. The standard InChI is InChI=1S/C16H22N2O2/c1-11-16(13-4-2-3-5-14(13)17-11)15(20)10-18-8-6-12(19)7-9-18/h2-5,12,15,17,19-20H,6-10H2,1H3. The zero-order chi connectivity index (χ0) is 14.1. The highest BCUT2D eigenvalue weighted by Crippen LogP contribution is 2.28. The molecular formula is C16H22N2O2. The third kappa shape index (κ3) is 2.59. The van der Waals surface area contributed by atoms with Crippen LogP contribution in [-0.2, 0) is 0 Å². The molecule has 2 heterocycles. The highest BCUT2D eigenvalue weighted by Gasteiger charge is 2.22. The molecule has 1 aliphatic heterocycles. The third-order valence-corrected chi connectivity index (χ3v) is 4.26. The number of aromatic amines is 1. The van der Waals surface area contributed by atoms with Gasteiger partial charge in [-0.2, -0.15) is 0 Å². The number of nitrogens with zero attached hydrogens (tertiary/aromatic N) is 1. The quantitative estimate of drug-likeness (QED) is 0.802. The fraction of sp³-hybridized carbons (Fsp3) is 0.500. The lowest BCUT2D eigenvalue weighted by atomic mass is 10.0. The normalized spacial score (nSPS) is 19.6. The van der Waals surface area contributed by atoms with Gasteiger partial charge in [-0.05, 0) is 25.8 Å². The van der Waals surface area contributed by atoms with Crippen molar-refractivity contribution < 1.29 is 10.2 Å². The van der Waals surface area contributed by atoms with E-state index in [-0.39, 0.29) is 6.10 Å². The molecular weight excluding hydrogens is 252 g/mol. The van der Waals surface area contributed by atoms with Crippen LogP contribution in [0.1, 0.15) is 30.2 Å². The van der Waals surface area contributed by atoms with Gasteiger partial charge in [0.05, 0.1) is 12.2 Å². The van der Waals surface area contributed by atoms with Gasteiger partial charge in [0.2, 0.25) is 0 Å². The summed E-state index contributed by atoms with van der Waals surface area (Å²) in [6, 6.07) is 8.09. The number of nitrogens with one attached hydrogen (secondary N) is 1. The van der Waals surface area contributed by atoms with Crippen LogP contribution in [0.15, 0.2) is 24.3 Å². The fourth-order valence-corrected chi connectivity index (χ4v) is 3.17. The van der Waals surface area contributed by atoms with E-state index in [4.69, 9.17) is 0 Å². The highest BCUT2D eigenvalue weighted by molar-refractivity contribution is 5.84. The first-order valence-corrected chi connectivity index (χ1v) is 7.31. The van der Waals surface area contributed by atoms with E-state index in [1.165, 1.54) is 0 Å². The topological polar surface area (TPSA) is 59.5 Å². The number of benzene rings is 1. The van der Waals surface area contributed by atoms with Gasteiger partial charge < -0.3 is 20.1 Å². The van der Waals surface area contributed by atoms with Crippen LogP contribution in [0.3, 0.4) is 0 Å². The van der Waals surface area contributed by atoms with Crippen molar-refractivity contribution in [3.05, 3.63) is 35.5 Å². The van der Waals surface area contributed by atoms with Crippen LogP contribution in [-0.4, -0.2) is 45.8 Å². The Balaban J connectivity index is 1.78. The van der Waals surface area contributed by atoms with Gasteiger partial charge >= 0.3 is 0 Å². The van der Waals surface area contributed by atoms with Gasteiger partial charge in [-0.15, -0.1) is 0 Å². The Morgan fingerprint density at radius 1 is 1.30 bits per heavy atom. The van der Waals surface area contributed by atoms with E-state index in [2.05, 4.69) is 16.0 Å². The highest BCUT2D eigenvalue weighted by atomic mass is 16.3. The Labute approximate surface area is 119 Å². The molecule has 3 N–H and O–H groups in total. The first-order valence-electron chi connectivity index (χ1n) is 7.31. The molecule has 0 saturated carbocycles. The van der Waals surface area contributed by atoms with Crippen LogP contribution in [0.25, 0.3) is 10.9 Å². The van der Waals surface area contributed by atoms with Crippen molar-refractivity contribution in [2.24, 2.45) is 0 Å². The second kappa shape index (κ2) is 5.56. The van der Waals surface area contributed by atoms with Crippen molar-refractivity contribution in [1.82, 2.24) is 9.88 Å². The molecule has 0 spiro atoms. The summed E-state index contributed by atoms with van der Waals surface area (Å²) < 4.78 is 0. The van der Waals surface area contributed by atoms with Gasteiger partial charge in [0, 0.05) is 41.8 Å². The Hall–Kier alpha value is -1.36. The Bertz CT molecular complexity index is 585. The van der Waals surface area contributed by atoms with Gasteiger partial charge in [0.15, 0.2) is 0 Å². The Morgan fingerprint density at radius 3 is 2.75 bits per heavy atom. The lowest BCUT2D eigenvalue weighted by molar-refractivity contribution is 0.0510. The molecule has 1 aromatic heterocycles. The second-order valence-electron chi connectivity index (χ2n) is 5.76. The number of hydrogen-bond donors (Lipinski definition) is 3. The zero-order valence-electron chi connectivity index (χ0n) is 11.8. The number of H-pyrrole nitrogens is 1. The number of rotatable bonds is 3. The molecule has 1 fully saturated rings. The smallest absolute Gasteiger partial charge is 0.0940 e. The van der Waals surface area contributed by atoms with Gasteiger partial charge in [0.1, 0.15) is 0 Å². The number of hydrogen-bond acceptors (Lipinski definition) is 3. The van der Waals surface area contributed by atoms with Crippen molar-refractivity contribution >= 4 is 10.9 Å². The molecule has 0 radical (unpaired) electrons. The second-order valence-corrected chi connectivity index (χ2v) is 5.76. The average molecular weight is 274 g/mol. The van der Waals surface area contributed by atoms with Gasteiger partial charge in [-0.1, -0.05) is 18.2 Å². The van der Waals surface area contributed by atoms with Gasteiger partial charge in [-0.3, -0.25) is 0 Å². The van der Waals surface area contributed by atoms with Crippen LogP contribution in [0.5, 0.6) is 0 Å². The molecule has 0 aliphatic carbocycles. The predicted molar refractivity (Wildman–Crippen MR) is 79.7 cm³/mol. The largest absolute Gasteiger partial charge is 0.393 e. The minimum Gasteiger partial charge on any atom is -0.393 e. The van der Waals surface area contributed by atoms with E-state index in [1.54, 1.807) is 0 Å². The monoisotopic (exact) mass is 274 g/mol. The lowest BCUT2D eigenvalue weighted by Crippen LogP contribution is -2.38. The van der Waals surface area contributed by atoms with Crippen molar-refractivity contribution in [1.29, 1.82) is 0 Å². The van der Waals surface area contributed by atoms with Crippen molar-refractivity contribution in [2.45, 2.75) is 32.0 Å². The summed E-state index contributed by atoms with van der Waals surface area (Å²) in [7, 11) is 0. The lowest BCUT2D eigenvalue weighted by Gasteiger charge is -2.31. The molecule has 1 saturated heterocycles. The summed E-state index contributed by atoms with van der Waals surface area (Å²) in [5, 5.41) is 21.2. The molecule has 4 nitrogen and oxygen atoms in total. The van der Waals surface area contributed by atoms with E-state index >= 15 is 0 Å². The Kier molecular flexibility index (Phi) is 3.78. The zero-order valence-corrected chi connectivity index (χ0v) is 11.8. The minimum absolute atomic E-state index is 0.168. The van der Waals surface area contributed by atoms with Crippen LogP contribution in [0.4, 0.5) is 0 Å². The first kappa shape index (κ1) is 13.6. The van der Waals surface area contributed by atoms with Gasteiger partial charge in [-0.25, -0.2) is 0 Å². The minimum atomic E-state index is -0.485. The molecule has 1 aliphatic rings. The van der Waals surface area contributed by atoms with Gasteiger partial charge in [0.25, 0.3) is 0 Å². The molecule has 108 valence electrons. The average Bonchev–Trinajstić information content (AvgIpc) is 2.77. The maximum atomic E-state index is 10.6. The number of aryl methyl sites for hydroxylation is 1. The molecule has 2 aromatic rings. The Morgan fingerprint density at radius 2 is 2.00 bits per heavy atom. The summed E-state index contributed by atoms with van der Waals surface area (Å²) in [4.78, 5) is 5.57. The SMILES string of the molecule is Cc1[nH]c2ccccc2c1C(O)CN1CCC(O)CC1. The molecule has 0 bridgehead atoms. The first-order chi connectivity index (χ1) is 9.65. The number of piperidine rings is 1. The number of likely N-dealkylation sites (tertiary alicyclic amines) is 1. The number of β-amino-alcohol motifs (C(OH)–C–C–N with tert-alkyl or cyclic N) is 1. The van der Waals surface area contributed by atoms with E-state index < -0.39 is 6.10 Å². The predicted octanol–water partition coefficient (Wildman–Crippen LogP) is 1.97. The summed E-state index contributed by atoms with van der Waals surface area (Å²) >= 11 is 0. The number of fused-ring (bicyclic) bond motifs is 1. The summed E-state index contributed by atoms with van der Waals surface area (Å²) in [5.41, 5.74) is 3.12. The molecule has 1 aromatic carbocycles. The van der Waals surface area contributed by atoms with E-state index in [1.807, 2.05) is 25.1 Å². The van der Waals surface area contributed by atoms with E-state index in [0.29, 0.717) is 6.54 Å². The van der Waals surface area contributed by atoms with Crippen molar-refractivity contribution in [3.8, 4) is 0 Å². The third-order valence-electron chi connectivity index (χ3n) is 4.26. The molecule has 20 heavy (non-hydrogen) atoms. The summed E-state index contributed by atoms with van der Waals surface area (Å²) in [6.07, 6.45) is 0.957. The van der Waals surface area contributed by atoms with Crippen molar-refractivity contribution in [3.63, 3.8) is 0 Å². The van der Waals surface area contributed by atoms with E-state index in [9.17, 15) is 10.2 Å². The van der Waals surface area contributed by atoms with Crippen LogP contribution in [0, 0.1) is 6.92 Å². The van der Waals surface area contributed by atoms with Crippen molar-refractivity contribution in [2.75, 3.05) is 19.6 Å². The van der Waals surface area contributed by atoms with Crippen LogP contribution >= 0.6 is 0 Å². The molecule has 4 heteroatoms. The van der Waals surface area contributed by atoms with Crippen LogP contribution < -0.4 is 0 Å². The van der Waals surface area contributed by atoms with Crippen LogP contribution in [0.2, 0.25) is 0 Å².